The van der Waals surface area contributed by atoms with E-state index >= 15 is 0 Å². The maximum Gasteiger partial charge on any atom is 0.264 e. The minimum atomic E-state index is -2.82. The number of alkyl halides is 2. The lowest BCUT2D eigenvalue weighted by Crippen LogP contribution is -2.26. The molecule has 1 unspecified atom stereocenters. The Morgan fingerprint density at radius 2 is 1.91 bits per heavy atom. The van der Waals surface area contributed by atoms with Crippen molar-refractivity contribution < 1.29 is 32.9 Å². The van der Waals surface area contributed by atoms with Crippen LogP contribution in [0, 0.1) is 0 Å². The number of nitrogens with zero attached hydrogens (tertiary/aromatic N) is 1. The van der Waals surface area contributed by atoms with Crippen molar-refractivity contribution in [1.82, 2.24) is 4.90 Å². The first-order valence-electron chi connectivity index (χ1n) is 11.5. The SMILES string of the molecule is O=C(c1c(O)cc(C(F)F)cc1OCc1ccccc1)N1Cc2cccc(OC3CCOC3)c2C1. The topological polar surface area (TPSA) is 68.2 Å². The van der Waals surface area contributed by atoms with Gasteiger partial charge >= 0.3 is 0 Å². The molecule has 1 atom stereocenters. The van der Waals surface area contributed by atoms with Crippen molar-refractivity contribution in [2.45, 2.75) is 38.6 Å². The van der Waals surface area contributed by atoms with Gasteiger partial charge in [-0.05, 0) is 29.3 Å². The van der Waals surface area contributed by atoms with Crippen LogP contribution in [-0.2, 0) is 24.4 Å². The summed E-state index contributed by atoms with van der Waals surface area (Å²) in [6.45, 7) is 1.82. The molecule has 2 aliphatic heterocycles. The van der Waals surface area contributed by atoms with Gasteiger partial charge in [0.2, 0.25) is 0 Å². The second-order valence-corrected chi connectivity index (χ2v) is 8.65. The number of benzene rings is 3. The summed E-state index contributed by atoms with van der Waals surface area (Å²) >= 11 is 0. The van der Waals surface area contributed by atoms with E-state index in [1.54, 1.807) is 4.90 Å². The zero-order chi connectivity index (χ0) is 24.4. The van der Waals surface area contributed by atoms with Crippen molar-refractivity contribution in [2.75, 3.05) is 13.2 Å². The van der Waals surface area contributed by atoms with Crippen LogP contribution in [0.15, 0.2) is 60.7 Å². The number of halogens is 2. The van der Waals surface area contributed by atoms with Gasteiger partial charge in [-0.3, -0.25) is 4.79 Å². The molecule has 1 amide bonds. The lowest BCUT2D eigenvalue weighted by Gasteiger charge is -2.20. The monoisotopic (exact) mass is 481 g/mol. The summed E-state index contributed by atoms with van der Waals surface area (Å²) in [7, 11) is 0. The number of phenols is 1. The third kappa shape index (κ3) is 4.93. The summed E-state index contributed by atoms with van der Waals surface area (Å²) in [6.07, 6.45) is -2.05. The van der Waals surface area contributed by atoms with E-state index in [1.165, 1.54) is 0 Å². The predicted octanol–water partition coefficient (Wildman–Crippen LogP) is 5.23. The molecular formula is C27H25F2NO5. The van der Waals surface area contributed by atoms with Crippen LogP contribution in [0.2, 0.25) is 0 Å². The van der Waals surface area contributed by atoms with Gasteiger partial charge in [-0.15, -0.1) is 0 Å². The van der Waals surface area contributed by atoms with Gasteiger partial charge < -0.3 is 24.2 Å². The fourth-order valence-electron chi connectivity index (χ4n) is 4.40. The molecule has 6 nitrogen and oxygen atoms in total. The summed E-state index contributed by atoms with van der Waals surface area (Å²) < 4.78 is 44.1. The molecule has 1 N–H and O–H groups in total. The number of phenolic OH excluding ortho intramolecular Hbond substituents is 1. The molecule has 2 heterocycles. The third-order valence-corrected chi connectivity index (χ3v) is 6.22. The number of fused-ring (bicyclic) bond motifs is 1. The Labute approximate surface area is 201 Å². The van der Waals surface area contributed by atoms with E-state index in [4.69, 9.17) is 14.2 Å². The van der Waals surface area contributed by atoms with Gasteiger partial charge in [-0.25, -0.2) is 8.78 Å². The molecule has 0 spiro atoms. The molecule has 1 saturated heterocycles. The Morgan fingerprint density at radius 1 is 1.09 bits per heavy atom. The maximum atomic E-state index is 13.5. The van der Waals surface area contributed by atoms with Gasteiger partial charge in [-0.1, -0.05) is 42.5 Å². The minimum absolute atomic E-state index is 0.0322. The molecule has 1 fully saturated rings. The Balaban J connectivity index is 1.41. The van der Waals surface area contributed by atoms with E-state index in [0.29, 0.717) is 25.5 Å². The highest BCUT2D eigenvalue weighted by Gasteiger charge is 2.32. The molecule has 3 aromatic carbocycles. The van der Waals surface area contributed by atoms with Crippen LogP contribution in [0.5, 0.6) is 17.2 Å². The average Bonchev–Trinajstić information content (AvgIpc) is 3.53. The van der Waals surface area contributed by atoms with Crippen molar-refractivity contribution >= 4 is 5.91 Å². The van der Waals surface area contributed by atoms with E-state index < -0.39 is 23.6 Å². The summed E-state index contributed by atoms with van der Waals surface area (Å²) in [5.41, 5.74) is 2.08. The van der Waals surface area contributed by atoms with E-state index in [0.717, 1.165) is 35.2 Å². The molecule has 0 aliphatic carbocycles. The molecule has 35 heavy (non-hydrogen) atoms. The average molecular weight is 481 g/mol. The lowest BCUT2D eigenvalue weighted by atomic mass is 10.1. The molecule has 3 aromatic rings. The minimum Gasteiger partial charge on any atom is -0.507 e. The van der Waals surface area contributed by atoms with Gasteiger partial charge in [0, 0.05) is 24.1 Å². The van der Waals surface area contributed by atoms with Gasteiger partial charge in [0.1, 0.15) is 35.5 Å². The third-order valence-electron chi connectivity index (χ3n) is 6.22. The highest BCUT2D eigenvalue weighted by Crippen LogP contribution is 2.38. The number of amides is 1. The molecule has 0 radical (unpaired) electrons. The molecular weight excluding hydrogens is 456 g/mol. The summed E-state index contributed by atoms with van der Waals surface area (Å²) in [4.78, 5) is 15.1. The number of ether oxygens (including phenoxy) is 3. The van der Waals surface area contributed by atoms with Crippen molar-refractivity contribution in [2.24, 2.45) is 0 Å². The number of carbonyl (C=O) groups is 1. The summed E-state index contributed by atoms with van der Waals surface area (Å²) in [5, 5.41) is 10.6. The zero-order valence-electron chi connectivity index (χ0n) is 19.0. The lowest BCUT2D eigenvalue weighted by molar-refractivity contribution is 0.0740. The molecule has 0 saturated carbocycles. The Kier molecular flexibility index (Phi) is 6.55. The molecule has 8 heteroatoms. The van der Waals surface area contributed by atoms with Crippen LogP contribution in [0.3, 0.4) is 0 Å². The first-order valence-corrected chi connectivity index (χ1v) is 11.5. The molecule has 2 aliphatic rings. The Hall–Kier alpha value is -3.65. The molecule has 5 rings (SSSR count). The summed E-state index contributed by atoms with van der Waals surface area (Å²) in [6, 6.07) is 16.9. The van der Waals surface area contributed by atoms with Crippen LogP contribution in [0.4, 0.5) is 8.78 Å². The second kappa shape index (κ2) is 9.92. The predicted molar refractivity (Wildman–Crippen MR) is 124 cm³/mol. The van der Waals surface area contributed by atoms with E-state index in [2.05, 4.69) is 0 Å². The van der Waals surface area contributed by atoms with Gasteiger partial charge in [0.05, 0.1) is 19.8 Å². The number of rotatable bonds is 7. The van der Waals surface area contributed by atoms with Crippen LogP contribution < -0.4 is 9.47 Å². The van der Waals surface area contributed by atoms with Gasteiger partial charge in [0.25, 0.3) is 12.3 Å². The van der Waals surface area contributed by atoms with Crippen molar-refractivity contribution in [1.29, 1.82) is 0 Å². The van der Waals surface area contributed by atoms with E-state index in [1.807, 2.05) is 48.5 Å². The highest BCUT2D eigenvalue weighted by atomic mass is 19.3. The number of hydrogen-bond acceptors (Lipinski definition) is 5. The maximum absolute atomic E-state index is 13.5. The van der Waals surface area contributed by atoms with Gasteiger partial charge in [0.15, 0.2) is 0 Å². The van der Waals surface area contributed by atoms with Crippen molar-refractivity contribution in [3.05, 3.63) is 88.5 Å². The fourth-order valence-corrected chi connectivity index (χ4v) is 4.40. The molecule has 182 valence electrons. The Bertz CT molecular complexity index is 1210. The largest absolute Gasteiger partial charge is 0.507 e. The van der Waals surface area contributed by atoms with E-state index in [-0.39, 0.29) is 30.6 Å². The number of hydrogen-bond donors (Lipinski definition) is 1. The first kappa shape index (κ1) is 23.1. The van der Waals surface area contributed by atoms with Crippen LogP contribution in [-0.4, -0.2) is 35.2 Å². The molecule has 0 aromatic heterocycles. The zero-order valence-corrected chi connectivity index (χ0v) is 19.0. The van der Waals surface area contributed by atoms with E-state index in [9.17, 15) is 18.7 Å². The standard InChI is InChI=1S/C27H25F2NO5/c28-26(29)19-11-22(31)25(24(12-19)34-15-17-5-2-1-3-6-17)27(32)30-13-18-7-4-8-23(21(18)14-30)35-20-9-10-33-16-20/h1-8,11-12,20,26,31H,9-10,13-16H2. The second-order valence-electron chi connectivity index (χ2n) is 8.65. The highest BCUT2D eigenvalue weighted by molar-refractivity contribution is 6.00. The quantitative estimate of drug-likeness (QED) is 0.500. The Morgan fingerprint density at radius 3 is 2.66 bits per heavy atom. The van der Waals surface area contributed by atoms with Crippen molar-refractivity contribution in [3.63, 3.8) is 0 Å². The normalized spacial score (nSPS) is 17.0. The fraction of sp³-hybridized carbons (Fsp3) is 0.296. The number of aromatic hydroxyl groups is 1. The number of carbonyl (C=O) groups excluding carboxylic acids is 1. The molecule has 0 bridgehead atoms. The summed E-state index contributed by atoms with van der Waals surface area (Å²) in [5.74, 6) is -0.417. The van der Waals surface area contributed by atoms with Crippen LogP contribution in [0.25, 0.3) is 0 Å². The van der Waals surface area contributed by atoms with Gasteiger partial charge in [-0.2, -0.15) is 0 Å². The first-order chi connectivity index (χ1) is 17.0. The van der Waals surface area contributed by atoms with Crippen LogP contribution in [0.1, 0.15) is 45.5 Å². The smallest absolute Gasteiger partial charge is 0.264 e. The van der Waals surface area contributed by atoms with Crippen LogP contribution >= 0.6 is 0 Å². The van der Waals surface area contributed by atoms with Crippen molar-refractivity contribution in [3.8, 4) is 17.2 Å².